The highest BCUT2D eigenvalue weighted by Gasteiger charge is 2.58. The monoisotopic (exact) mass is 641 g/mol. The van der Waals surface area contributed by atoms with E-state index in [0.717, 1.165) is 43.4 Å². The van der Waals surface area contributed by atoms with Gasteiger partial charge in [0.1, 0.15) is 10.6 Å². The molecule has 2 aliphatic carbocycles. The fraction of sp³-hybridized carbons (Fsp3) is 0.300. The number of nitrogens with one attached hydrogen (secondary N) is 1. The van der Waals surface area contributed by atoms with E-state index in [1.54, 1.807) is 36.4 Å². The number of nitrogens with zero attached hydrogens (tertiary/aromatic N) is 2. The SMILES string of the molecule is O=C(Nc1ccc(CC(N=C2C(Br)C(=O)C23CCCCC3)C(=O)Oc2ccccc2)cc1)c1c(Cl)cncc1Cl. The van der Waals surface area contributed by atoms with Crippen molar-refractivity contribution in [2.45, 2.75) is 49.4 Å². The molecule has 40 heavy (non-hydrogen) atoms. The number of halogens is 3. The molecule has 1 N–H and O–H groups in total. The molecule has 1 aromatic heterocycles. The number of alkyl halides is 1. The lowest BCUT2D eigenvalue weighted by Gasteiger charge is -2.47. The van der Waals surface area contributed by atoms with E-state index in [1.165, 1.54) is 12.4 Å². The van der Waals surface area contributed by atoms with Crippen LogP contribution in [-0.2, 0) is 16.0 Å². The van der Waals surface area contributed by atoms with E-state index in [9.17, 15) is 14.4 Å². The Morgan fingerprint density at radius 2 is 1.68 bits per heavy atom. The van der Waals surface area contributed by atoms with Crippen LogP contribution in [0.15, 0.2) is 72.0 Å². The molecule has 2 atom stereocenters. The highest BCUT2D eigenvalue weighted by molar-refractivity contribution is 9.10. The molecule has 7 nitrogen and oxygen atoms in total. The van der Waals surface area contributed by atoms with Crippen LogP contribution in [0.4, 0.5) is 5.69 Å². The summed E-state index contributed by atoms with van der Waals surface area (Å²) in [5, 5.41) is 3.08. The minimum atomic E-state index is -0.850. The summed E-state index contributed by atoms with van der Waals surface area (Å²) in [6, 6.07) is 15.1. The molecule has 2 unspecified atom stereocenters. The van der Waals surface area contributed by atoms with Crippen LogP contribution in [-0.4, -0.2) is 39.2 Å². The van der Waals surface area contributed by atoms with Crippen LogP contribution in [0.25, 0.3) is 0 Å². The Hall–Kier alpha value is -3.07. The summed E-state index contributed by atoms with van der Waals surface area (Å²) < 4.78 is 5.67. The molecule has 3 aromatic rings. The van der Waals surface area contributed by atoms with Crippen molar-refractivity contribution >= 4 is 68.2 Å². The average molecular weight is 643 g/mol. The predicted molar refractivity (Wildman–Crippen MR) is 159 cm³/mol. The van der Waals surface area contributed by atoms with Gasteiger partial charge in [-0.3, -0.25) is 19.6 Å². The number of esters is 1. The van der Waals surface area contributed by atoms with Gasteiger partial charge in [-0.1, -0.05) is 88.7 Å². The highest BCUT2D eigenvalue weighted by Crippen LogP contribution is 2.49. The maximum atomic E-state index is 13.4. The number of aromatic nitrogens is 1. The first-order valence-electron chi connectivity index (χ1n) is 13.0. The van der Waals surface area contributed by atoms with Gasteiger partial charge in [-0.2, -0.15) is 0 Å². The molecular formula is C30H26BrCl2N3O4. The summed E-state index contributed by atoms with van der Waals surface area (Å²) in [6.07, 6.45) is 7.50. The first-order valence-corrected chi connectivity index (χ1v) is 14.7. The Balaban J connectivity index is 1.37. The van der Waals surface area contributed by atoms with Crippen LogP contribution >= 0.6 is 39.1 Å². The molecule has 206 valence electrons. The number of anilines is 1. The number of rotatable bonds is 7. The molecule has 1 spiro atoms. The highest BCUT2D eigenvalue weighted by atomic mass is 79.9. The Morgan fingerprint density at radius 3 is 2.33 bits per heavy atom. The van der Waals surface area contributed by atoms with Crippen LogP contribution in [0, 0.1) is 5.41 Å². The molecular weight excluding hydrogens is 617 g/mol. The zero-order valence-electron chi connectivity index (χ0n) is 21.4. The number of Topliss-reactive ketones (excluding diaryl/α,β-unsaturated/α-hetero) is 1. The summed E-state index contributed by atoms with van der Waals surface area (Å²) in [7, 11) is 0. The first-order chi connectivity index (χ1) is 19.3. The number of amides is 1. The molecule has 0 saturated heterocycles. The van der Waals surface area contributed by atoms with E-state index in [0.29, 0.717) is 11.4 Å². The topological polar surface area (TPSA) is 97.7 Å². The molecule has 2 saturated carbocycles. The van der Waals surface area contributed by atoms with Crippen molar-refractivity contribution in [3.8, 4) is 5.75 Å². The molecule has 1 amide bonds. The quantitative estimate of drug-likeness (QED) is 0.172. The molecule has 2 fully saturated rings. The maximum Gasteiger partial charge on any atom is 0.336 e. The number of benzene rings is 2. The second-order valence-corrected chi connectivity index (χ2v) is 11.7. The van der Waals surface area contributed by atoms with Gasteiger partial charge in [0.05, 0.1) is 21.0 Å². The summed E-state index contributed by atoms with van der Waals surface area (Å²) in [6.45, 7) is 0. The van der Waals surface area contributed by atoms with Gasteiger partial charge in [0.2, 0.25) is 0 Å². The van der Waals surface area contributed by atoms with Gasteiger partial charge in [0.15, 0.2) is 11.8 Å². The van der Waals surface area contributed by atoms with Gasteiger partial charge in [0.25, 0.3) is 5.91 Å². The second kappa shape index (κ2) is 12.2. The number of aliphatic imine (C=N–C) groups is 1. The number of carbonyl (C=O) groups excluding carboxylic acids is 3. The number of ketones is 1. The Kier molecular flexibility index (Phi) is 8.68. The van der Waals surface area contributed by atoms with Gasteiger partial charge in [-0.05, 0) is 42.7 Å². The van der Waals surface area contributed by atoms with Crippen molar-refractivity contribution in [3.63, 3.8) is 0 Å². The lowest BCUT2D eigenvalue weighted by molar-refractivity contribution is -0.136. The number of para-hydroxylation sites is 1. The third kappa shape index (κ3) is 5.85. The first kappa shape index (κ1) is 28.5. The molecule has 1 heterocycles. The van der Waals surface area contributed by atoms with E-state index in [2.05, 4.69) is 26.2 Å². The Morgan fingerprint density at radius 1 is 1.02 bits per heavy atom. The molecule has 0 radical (unpaired) electrons. The van der Waals surface area contributed by atoms with Gasteiger partial charge in [0, 0.05) is 30.2 Å². The third-order valence-electron chi connectivity index (χ3n) is 7.39. The zero-order valence-corrected chi connectivity index (χ0v) is 24.5. The fourth-order valence-corrected chi connectivity index (χ4v) is 6.83. The van der Waals surface area contributed by atoms with Crippen LogP contribution in [0.2, 0.25) is 10.0 Å². The van der Waals surface area contributed by atoms with Gasteiger partial charge in [-0.15, -0.1) is 0 Å². The molecule has 5 rings (SSSR count). The van der Waals surface area contributed by atoms with Crippen molar-refractivity contribution in [3.05, 3.63) is 88.2 Å². The molecule has 2 aromatic carbocycles. The van der Waals surface area contributed by atoms with E-state index < -0.39 is 28.2 Å². The van der Waals surface area contributed by atoms with E-state index in [4.69, 9.17) is 32.9 Å². The third-order valence-corrected chi connectivity index (χ3v) is 8.81. The number of ether oxygens (including phenoxy) is 1. The van der Waals surface area contributed by atoms with Crippen LogP contribution in [0.1, 0.15) is 48.0 Å². The van der Waals surface area contributed by atoms with E-state index in [-0.39, 0.29) is 27.8 Å². The Bertz CT molecular complexity index is 1440. The normalized spacial score (nSPS) is 19.6. The standard InChI is InChI=1S/C30H26BrCl2N3O4/c31-25-26(30(27(25)37)13-5-2-6-14-30)36-23(29(39)40-20-7-3-1-4-8-20)15-18-9-11-19(12-10-18)35-28(38)24-21(32)16-34-17-22(24)33/h1,3-4,7-12,16-17,23,25H,2,5-6,13-15H2,(H,35,38). The van der Waals surface area contributed by atoms with Gasteiger partial charge < -0.3 is 10.1 Å². The maximum absolute atomic E-state index is 13.4. The van der Waals surface area contributed by atoms with Crippen molar-refractivity contribution < 1.29 is 19.1 Å². The summed E-state index contributed by atoms with van der Waals surface area (Å²) in [5.74, 6) is -0.382. The minimum absolute atomic E-state index is 0.137. The summed E-state index contributed by atoms with van der Waals surface area (Å²) in [4.78, 5) is 47.3. The van der Waals surface area contributed by atoms with E-state index in [1.807, 2.05) is 18.2 Å². The summed E-state index contributed by atoms with van der Waals surface area (Å²) in [5.41, 5.74) is 1.63. The van der Waals surface area contributed by atoms with E-state index >= 15 is 0 Å². The van der Waals surface area contributed by atoms with Gasteiger partial charge >= 0.3 is 5.97 Å². The lowest BCUT2D eigenvalue weighted by Crippen LogP contribution is -2.61. The molecule has 10 heteroatoms. The van der Waals surface area contributed by atoms with Crippen molar-refractivity contribution in [2.75, 3.05) is 5.32 Å². The van der Waals surface area contributed by atoms with Crippen molar-refractivity contribution in [2.24, 2.45) is 10.4 Å². The molecule has 0 aliphatic heterocycles. The smallest absolute Gasteiger partial charge is 0.336 e. The molecule has 2 aliphatic rings. The Labute approximate surface area is 250 Å². The van der Waals surface area contributed by atoms with Crippen LogP contribution in [0.3, 0.4) is 0 Å². The minimum Gasteiger partial charge on any atom is -0.425 e. The zero-order chi connectivity index (χ0) is 28.3. The van der Waals surface area contributed by atoms with Crippen molar-refractivity contribution in [1.82, 2.24) is 4.98 Å². The number of hydrogen-bond acceptors (Lipinski definition) is 6. The second-order valence-electron chi connectivity index (χ2n) is 9.97. The van der Waals surface area contributed by atoms with Crippen LogP contribution < -0.4 is 10.1 Å². The lowest BCUT2D eigenvalue weighted by atomic mass is 9.58. The summed E-state index contributed by atoms with van der Waals surface area (Å²) >= 11 is 15.7. The van der Waals surface area contributed by atoms with Crippen molar-refractivity contribution in [1.29, 1.82) is 0 Å². The number of carbonyl (C=O) groups is 3. The predicted octanol–water partition coefficient (Wildman–Crippen LogP) is 6.90. The number of hydrogen-bond donors (Lipinski definition) is 1. The molecule has 0 bridgehead atoms. The largest absolute Gasteiger partial charge is 0.425 e. The fourth-order valence-electron chi connectivity index (χ4n) is 5.30. The number of pyridine rings is 1. The van der Waals surface area contributed by atoms with Crippen LogP contribution in [0.5, 0.6) is 5.75 Å². The van der Waals surface area contributed by atoms with Gasteiger partial charge in [-0.25, -0.2) is 4.79 Å². The average Bonchev–Trinajstić information content (AvgIpc) is 2.96.